The van der Waals surface area contributed by atoms with Crippen molar-refractivity contribution in [2.24, 2.45) is 12.0 Å². The van der Waals surface area contributed by atoms with Crippen molar-refractivity contribution in [3.63, 3.8) is 0 Å². The van der Waals surface area contributed by atoms with Gasteiger partial charge >= 0.3 is 0 Å². The molecular weight excluding hydrogens is 448 g/mol. The predicted molar refractivity (Wildman–Crippen MR) is 112 cm³/mol. The van der Waals surface area contributed by atoms with E-state index in [9.17, 15) is 4.39 Å². The Balaban J connectivity index is 0.00000338. The fraction of sp³-hybridized carbons (Fsp3) is 0.471. The van der Waals surface area contributed by atoms with Gasteiger partial charge < -0.3 is 15.1 Å². The molecule has 2 aromatic rings. The average Bonchev–Trinajstić information content (AvgIpc) is 2.95. The zero-order valence-electron chi connectivity index (χ0n) is 15.9. The summed E-state index contributed by atoms with van der Waals surface area (Å²) in [6, 6.07) is 5.19. The van der Waals surface area contributed by atoms with Crippen molar-refractivity contribution in [3.8, 4) is 0 Å². The minimum Gasteiger partial charge on any atom is -0.352 e. The van der Waals surface area contributed by atoms with E-state index in [-0.39, 0.29) is 29.8 Å². The molecule has 1 aromatic carbocycles. The Morgan fingerprint density at radius 2 is 2.00 bits per heavy atom. The van der Waals surface area contributed by atoms with E-state index < -0.39 is 0 Å². The monoisotopic (exact) mass is 475 g/mol. The maximum atomic E-state index is 13.9. The van der Waals surface area contributed by atoms with Gasteiger partial charge in [0.2, 0.25) is 0 Å². The van der Waals surface area contributed by atoms with Gasteiger partial charge in [-0.2, -0.15) is 5.10 Å². The number of rotatable bonds is 6. The van der Waals surface area contributed by atoms with Crippen LogP contribution in [0.5, 0.6) is 0 Å². The normalized spacial score (nSPS) is 11.4. The zero-order chi connectivity index (χ0) is 18.4. The first kappa shape index (κ1) is 22.3. The molecule has 1 heterocycles. The first-order valence-electron chi connectivity index (χ1n) is 8.07. The predicted octanol–water partition coefficient (Wildman–Crippen LogP) is 1.84. The van der Waals surface area contributed by atoms with Crippen LogP contribution in [0, 0.1) is 5.82 Å². The molecule has 0 aliphatic carbocycles. The van der Waals surface area contributed by atoms with Crippen molar-refractivity contribution in [2.75, 3.05) is 28.2 Å². The molecule has 0 radical (unpaired) electrons. The SMILES string of the molecule is CN=C(NCc1ccc(F)c(CN(C)C)c1)N(C)Cc1ncnn1C.I. The van der Waals surface area contributed by atoms with Gasteiger partial charge in [-0.25, -0.2) is 9.37 Å². The molecule has 144 valence electrons. The minimum absolute atomic E-state index is 0. The van der Waals surface area contributed by atoms with Gasteiger partial charge in [-0.3, -0.25) is 9.67 Å². The van der Waals surface area contributed by atoms with Gasteiger partial charge in [0.25, 0.3) is 0 Å². The lowest BCUT2D eigenvalue weighted by molar-refractivity contribution is 0.392. The highest BCUT2D eigenvalue weighted by Crippen LogP contribution is 2.12. The molecule has 1 N–H and O–H groups in total. The van der Waals surface area contributed by atoms with Crippen molar-refractivity contribution in [1.82, 2.24) is 29.9 Å². The van der Waals surface area contributed by atoms with Crippen molar-refractivity contribution < 1.29 is 4.39 Å². The van der Waals surface area contributed by atoms with Gasteiger partial charge in [-0.1, -0.05) is 6.07 Å². The van der Waals surface area contributed by atoms with E-state index in [1.54, 1.807) is 17.8 Å². The molecular formula is C17H27FIN7. The summed E-state index contributed by atoms with van der Waals surface area (Å²) >= 11 is 0. The number of nitrogens with one attached hydrogen (secondary N) is 1. The maximum Gasteiger partial charge on any atom is 0.194 e. The highest BCUT2D eigenvalue weighted by Gasteiger charge is 2.11. The van der Waals surface area contributed by atoms with Crippen LogP contribution < -0.4 is 5.32 Å². The van der Waals surface area contributed by atoms with Crippen LogP contribution in [0.1, 0.15) is 17.0 Å². The molecule has 0 aliphatic rings. The Morgan fingerprint density at radius 3 is 2.58 bits per heavy atom. The van der Waals surface area contributed by atoms with Crippen molar-refractivity contribution in [1.29, 1.82) is 0 Å². The third-order valence-corrected chi connectivity index (χ3v) is 3.80. The highest BCUT2D eigenvalue weighted by atomic mass is 127. The Bertz CT molecular complexity index is 730. The van der Waals surface area contributed by atoms with Crippen molar-refractivity contribution in [3.05, 3.63) is 47.3 Å². The number of hydrogen-bond acceptors (Lipinski definition) is 4. The lowest BCUT2D eigenvalue weighted by Gasteiger charge is -2.21. The van der Waals surface area contributed by atoms with E-state index in [1.807, 2.05) is 44.1 Å². The standard InChI is InChI=1S/C17H26FN7.HI/c1-19-17(24(4)11-16-21-12-22-25(16)5)20-9-13-6-7-15(18)14(8-13)10-23(2)3;/h6-8,12H,9-11H2,1-5H3,(H,19,20);1H. The maximum absolute atomic E-state index is 13.9. The molecule has 0 bridgehead atoms. The second-order valence-electron chi connectivity index (χ2n) is 6.22. The molecule has 0 amide bonds. The molecule has 0 saturated heterocycles. The van der Waals surface area contributed by atoms with Crippen LogP contribution in [-0.2, 0) is 26.7 Å². The van der Waals surface area contributed by atoms with E-state index in [0.29, 0.717) is 25.2 Å². The summed E-state index contributed by atoms with van der Waals surface area (Å²) in [5.74, 6) is 1.41. The summed E-state index contributed by atoms with van der Waals surface area (Å²) in [5.41, 5.74) is 1.69. The van der Waals surface area contributed by atoms with E-state index in [2.05, 4.69) is 20.4 Å². The van der Waals surface area contributed by atoms with Gasteiger partial charge in [0.1, 0.15) is 18.0 Å². The number of aryl methyl sites for hydroxylation is 1. The third kappa shape index (κ3) is 6.20. The largest absolute Gasteiger partial charge is 0.352 e. The second kappa shape index (κ2) is 10.4. The first-order valence-corrected chi connectivity index (χ1v) is 8.07. The summed E-state index contributed by atoms with van der Waals surface area (Å²) in [6.07, 6.45) is 1.53. The van der Waals surface area contributed by atoms with Crippen LogP contribution in [0.3, 0.4) is 0 Å². The van der Waals surface area contributed by atoms with Crippen LogP contribution in [0.4, 0.5) is 4.39 Å². The molecule has 0 unspecified atom stereocenters. The van der Waals surface area contributed by atoms with Crippen molar-refractivity contribution >= 4 is 29.9 Å². The van der Waals surface area contributed by atoms with Gasteiger partial charge in [0.15, 0.2) is 5.96 Å². The topological polar surface area (TPSA) is 61.6 Å². The molecule has 0 atom stereocenters. The van der Waals surface area contributed by atoms with Crippen LogP contribution in [0.15, 0.2) is 29.5 Å². The molecule has 2 rings (SSSR count). The summed E-state index contributed by atoms with van der Waals surface area (Å²) in [7, 11) is 9.38. The molecule has 7 nitrogen and oxygen atoms in total. The van der Waals surface area contributed by atoms with Gasteiger partial charge in [0.05, 0.1) is 6.54 Å². The molecule has 0 saturated carbocycles. The zero-order valence-corrected chi connectivity index (χ0v) is 18.2. The molecule has 9 heteroatoms. The fourth-order valence-corrected chi connectivity index (χ4v) is 2.52. The number of nitrogens with zero attached hydrogens (tertiary/aromatic N) is 6. The number of hydrogen-bond donors (Lipinski definition) is 1. The Kier molecular flexibility index (Phi) is 8.93. The number of benzene rings is 1. The highest BCUT2D eigenvalue weighted by molar-refractivity contribution is 14.0. The molecule has 1 aromatic heterocycles. The molecule has 0 aliphatic heterocycles. The number of aliphatic imine (C=N–C) groups is 1. The van der Waals surface area contributed by atoms with E-state index in [0.717, 1.165) is 17.3 Å². The van der Waals surface area contributed by atoms with E-state index in [1.165, 1.54) is 12.4 Å². The summed E-state index contributed by atoms with van der Waals surface area (Å²) in [6.45, 7) is 1.72. The van der Waals surface area contributed by atoms with Gasteiger partial charge in [-0.05, 0) is 31.8 Å². The van der Waals surface area contributed by atoms with Crippen molar-refractivity contribution in [2.45, 2.75) is 19.6 Å². The smallest absolute Gasteiger partial charge is 0.194 e. The summed E-state index contributed by atoms with van der Waals surface area (Å²) < 4.78 is 15.6. The molecule has 0 fully saturated rings. The van der Waals surface area contributed by atoms with E-state index in [4.69, 9.17) is 0 Å². The lowest BCUT2D eigenvalue weighted by atomic mass is 10.1. The second-order valence-corrected chi connectivity index (χ2v) is 6.22. The van der Waals surface area contributed by atoms with Crippen LogP contribution in [0.25, 0.3) is 0 Å². The minimum atomic E-state index is -0.179. The molecule has 26 heavy (non-hydrogen) atoms. The van der Waals surface area contributed by atoms with Crippen LogP contribution in [-0.4, -0.2) is 58.7 Å². The third-order valence-electron chi connectivity index (χ3n) is 3.80. The first-order chi connectivity index (χ1) is 11.9. The lowest BCUT2D eigenvalue weighted by Crippen LogP contribution is -2.38. The summed E-state index contributed by atoms with van der Waals surface area (Å²) in [4.78, 5) is 12.4. The number of halogens is 2. The van der Waals surface area contributed by atoms with E-state index >= 15 is 0 Å². The van der Waals surface area contributed by atoms with Gasteiger partial charge in [-0.15, -0.1) is 24.0 Å². The Hall–Kier alpha value is -1.75. The molecule has 0 spiro atoms. The summed E-state index contributed by atoms with van der Waals surface area (Å²) in [5, 5.41) is 7.37. The Labute approximate surface area is 171 Å². The average molecular weight is 475 g/mol. The van der Waals surface area contributed by atoms with Crippen LogP contribution in [0.2, 0.25) is 0 Å². The fourth-order valence-electron chi connectivity index (χ4n) is 2.52. The Morgan fingerprint density at radius 1 is 1.27 bits per heavy atom. The number of aromatic nitrogens is 3. The van der Waals surface area contributed by atoms with Crippen LogP contribution >= 0.6 is 24.0 Å². The van der Waals surface area contributed by atoms with Gasteiger partial charge in [0, 0.05) is 39.8 Å². The quantitative estimate of drug-likeness (QED) is 0.393. The number of guanidine groups is 1.